The fraction of sp³-hybridized carbons (Fsp3) is 0.667. The zero-order valence-corrected chi connectivity index (χ0v) is 17.3. The van der Waals surface area contributed by atoms with E-state index < -0.39 is 0 Å². The van der Waals surface area contributed by atoms with Gasteiger partial charge in [0, 0.05) is 57.4 Å². The van der Waals surface area contributed by atoms with Gasteiger partial charge in [0.1, 0.15) is 5.75 Å². The number of nitrogens with zero attached hydrogens (tertiary/aromatic N) is 2. The van der Waals surface area contributed by atoms with Crippen LogP contribution in [-0.4, -0.2) is 82.0 Å². The molecule has 0 unspecified atom stereocenters. The minimum Gasteiger partial charge on any atom is -0.497 e. The van der Waals surface area contributed by atoms with E-state index in [4.69, 9.17) is 9.47 Å². The molecule has 2 aliphatic rings. The molecule has 0 saturated carbocycles. The lowest BCUT2D eigenvalue weighted by Gasteiger charge is -2.31. The van der Waals surface area contributed by atoms with Gasteiger partial charge in [0.2, 0.25) is 0 Å². The Balaban J connectivity index is 1.54. The van der Waals surface area contributed by atoms with E-state index in [1.807, 2.05) is 24.3 Å². The van der Waals surface area contributed by atoms with Crippen molar-refractivity contribution in [1.82, 2.24) is 20.4 Å². The number of ether oxygens (including phenoxy) is 2. The molecule has 2 amide bonds. The van der Waals surface area contributed by atoms with E-state index in [1.54, 1.807) is 7.11 Å². The van der Waals surface area contributed by atoms with Gasteiger partial charge in [0.15, 0.2) is 0 Å². The SMILES string of the molecule is COc1cccc(CNC(=O)N[C@@H]2CN(C3CCOCC3)C[C@H]2CN(C)C)c1. The van der Waals surface area contributed by atoms with Crippen molar-refractivity contribution in [2.45, 2.75) is 31.5 Å². The molecule has 0 aromatic heterocycles. The minimum atomic E-state index is -0.106. The largest absolute Gasteiger partial charge is 0.497 e. The summed E-state index contributed by atoms with van der Waals surface area (Å²) in [5, 5.41) is 6.21. The molecule has 2 aliphatic heterocycles. The Kier molecular flexibility index (Phi) is 7.53. The average molecular weight is 391 g/mol. The summed E-state index contributed by atoms with van der Waals surface area (Å²) in [4.78, 5) is 17.3. The summed E-state index contributed by atoms with van der Waals surface area (Å²) in [7, 11) is 5.84. The molecule has 1 aromatic carbocycles. The first-order valence-corrected chi connectivity index (χ1v) is 10.2. The highest BCUT2D eigenvalue weighted by molar-refractivity contribution is 5.74. The van der Waals surface area contributed by atoms with E-state index >= 15 is 0 Å². The highest BCUT2D eigenvalue weighted by Gasteiger charge is 2.37. The van der Waals surface area contributed by atoms with E-state index in [0.29, 0.717) is 18.5 Å². The summed E-state index contributed by atoms with van der Waals surface area (Å²) < 4.78 is 10.8. The average Bonchev–Trinajstić information content (AvgIpc) is 3.09. The number of hydrogen-bond acceptors (Lipinski definition) is 5. The monoisotopic (exact) mass is 390 g/mol. The molecular weight excluding hydrogens is 356 g/mol. The zero-order chi connectivity index (χ0) is 19.9. The van der Waals surface area contributed by atoms with Crippen molar-refractivity contribution in [2.75, 3.05) is 54.1 Å². The molecule has 2 saturated heterocycles. The van der Waals surface area contributed by atoms with Crippen molar-refractivity contribution in [1.29, 1.82) is 0 Å². The van der Waals surface area contributed by atoms with Crippen LogP contribution in [0.15, 0.2) is 24.3 Å². The quantitative estimate of drug-likeness (QED) is 0.739. The molecule has 0 radical (unpaired) electrons. The molecule has 28 heavy (non-hydrogen) atoms. The first-order chi connectivity index (χ1) is 13.5. The van der Waals surface area contributed by atoms with Crippen LogP contribution < -0.4 is 15.4 Å². The van der Waals surface area contributed by atoms with Crippen LogP contribution in [0.5, 0.6) is 5.75 Å². The maximum atomic E-state index is 12.5. The number of likely N-dealkylation sites (tertiary alicyclic amines) is 1. The molecule has 0 aliphatic carbocycles. The van der Waals surface area contributed by atoms with Crippen LogP contribution in [0, 0.1) is 5.92 Å². The smallest absolute Gasteiger partial charge is 0.315 e. The first kappa shape index (κ1) is 20.9. The highest BCUT2D eigenvalue weighted by atomic mass is 16.5. The predicted octanol–water partition coefficient (Wildman–Crippen LogP) is 1.54. The van der Waals surface area contributed by atoms with Crippen molar-refractivity contribution in [3.05, 3.63) is 29.8 Å². The number of carbonyl (C=O) groups is 1. The summed E-state index contributed by atoms with van der Waals surface area (Å²) in [5.41, 5.74) is 1.02. The highest BCUT2D eigenvalue weighted by Crippen LogP contribution is 2.24. The Morgan fingerprint density at radius 3 is 2.79 bits per heavy atom. The van der Waals surface area contributed by atoms with Crippen LogP contribution in [0.1, 0.15) is 18.4 Å². The molecule has 7 heteroatoms. The lowest BCUT2D eigenvalue weighted by atomic mass is 10.0. The molecule has 3 rings (SSSR count). The number of amides is 2. The van der Waals surface area contributed by atoms with Crippen LogP contribution in [0.3, 0.4) is 0 Å². The number of benzene rings is 1. The number of nitrogens with one attached hydrogen (secondary N) is 2. The standard InChI is InChI=1S/C21H34N4O3/c1-24(2)13-17-14-25(18-7-9-28-10-8-18)15-20(17)23-21(26)22-12-16-5-4-6-19(11-16)27-3/h4-6,11,17-18,20H,7-10,12-15H2,1-3H3,(H2,22,23,26)/t17-,20-/m1/s1. The number of carbonyl (C=O) groups excluding carboxylic acids is 1. The van der Waals surface area contributed by atoms with E-state index in [1.165, 1.54) is 0 Å². The van der Waals surface area contributed by atoms with E-state index in [-0.39, 0.29) is 12.1 Å². The Morgan fingerprint density at radius 2 is 2.07 bits per heavy atom. The second-order valence-electron chi connectivity index (χ2n) is 8.10. The fourth-order valence-electron chi connectivity index (χ4n) is 4.25. The van der Waals surface area contributed by atoms with Gasteiger partial charge in [0.25, 0.3) is 0 Å². The Hall–Kier alpha value is -1.83. The van der Waals surface area contributed by atoms with Crippen molar-refractivity contribution in [2.24, 2.45) is 5.92 Å². The van der Waals surface area contributed by atoms with Crippen LogP contribution >= 0.6 is 0 Å². The van der Waals surface area contributed by atoms with Crippen molar-refractivity contribution in [3.63, 3.8) is 0 Å². The predicted molar refractivity (Wildman–Crippen MR) is 110 cm³/mol. The summed E-state index contributed by atoms with van der Waals surface area (Å²) in [6.07, 6.45) is 2.17. The first-order valence-electron chi connectivity index (χ1n) is 10.2. The van der Waals surface area contributed by atoms with Gasteiger partial charge in [-0.15, -0.1) is 0 Å². The number of methoxy groups -OCH3 is 1. The minimum absolute atomic E-state index is 0.106. The molecule has 0 bridgehead atoms. The molecule has 2 heterocycles. The molecule has 2 N–H and O–H groups in total. The van der Waals surface area contributed by atoms with Gasteiger partial charge in [-0.1, -0.05) is 12.1 Å². The topological polar surface area (TPSA) is 66.1 Å². The van der Waals surface area contributed by atoms with Crippen LogP contribution in [0.2, 0.25) is 0 Å². The molecule has 0 spiro atoms. The van der Waals surface area contributed by atoms with Gasteiger partial charge >= 0.3 is 6.03 Å². The van der Waals surface area contributed by atoms with Gasteiger partial charge in [-0.25, -0.2) is 4.79 Å². The van der Waals surface area contributed by atoms with Crippen molar-refractivity contribution >= 4 is 6.03 Å². The van der Waals surface area contributed by atoms with E-state index in [9.17, 15) is 4.79 Å². The second kappa shape index (κ2) is 10.1. The van der Waals surface area contributed by atoms with E-state index in [0.717, 1.165) is 57.0 Å². The van der Waals surface area contributed by atoms with Crippen LogP contribution in [0.4, 0.5) is 4.79 Å². The van der Waals surface area contributed by atoms with Gasteiger partial charge in [-0.05, 0) is 44.6 Å². The molecule has 1 aromatic rings. The molecule has 2 fully saturated rings. The Morgan fingerprint density at radius 1 is 1.29 bits per heavy atom. The van der Waals surface area contributed by atoms with Gasteiger partial charge < -0.3 is 25.0 Å². The maximum Gasteiger partial charge on any atom is 0.315 e. The van der Waals surface area contributed by atoms with Gasteiger partial charge in [-0.3, -0.25) is 4.90 Å². The number of urea groups is 1. The molecule has 2 atom stereocenters. The zero-order valence-electron chi connectivity index (χ0n) is 17.3. The lowest BCUT2D eigenvalue weighted by molar-refractivity contribution is 0.0404. The van der Waals surface area contributed by atoms with Gasteiger partial charge in [-0.2, -0.15) is 0 Å². The Bertz CT molecular complexity index is 634. The second-order valence-corrected chi connectivity index (χ2v) is 8.10. The van der Waals surface area contributed by atoms with Gasteiger partial charge in [0.05, 0.1) is 7.11 Å². The third kappa shape index (κ3) is 5.83. The lowest BCUT2D eigenvalue weighted by Crippen LogP contribution is -2.47. The third-order valence-electron chi connectivity index (χ3n) is 5.68. The Labute approximate surface area is 168 Å². The normalized spacial score (nSPS) is 23.7. The number of rotatable bonds is 7. The summed E-state index contributed by atoms with van der Waals surface area (Å²) in [6.45, 7) is 5.09. The maximum absolute atomic E-state index is 12.5. The van der Waals surface area contributed by atoms with Crippen LogP contribution in [-0.2, 0) is 11.3 Å². The summed E-state index contributed by atoms with van der Waals surface area (Å²) >= 11 is 0. The number of hydrogen-bond donors (Lipinski definition) is 2. The fourth-order valence-corrected chi connectivity index (χ4v) is 4.25. The van der Waals surface area contributed by atoms with Crippen molar-refractivity contribution in [3.8, 4) is 5.75 Å². The van der Waals surface area contributed by atoms with Crippen molar-refractivity contribution < 1.29 is 14.3 Å². The summed E-state index contributed by atoms with van der Waals surface area (Å²) in [5.74, 6) is 1.23. The van der Waals surface area contributed by atoms with Crippen LogP contribution in [0.25, 0.3) is 0 Å². The molecule has 156 valence electrons. The third-order valence-corrected chi connectivity index (χ3v) is 5.68. The molecular formula is C21H34N4O3. The summed E-state index contributed by atoms with van der Waals surface area (Å²) in [6, 6.07) is 8.39. The van der Waals surface area contributed by atoms with E-state index in [2.05, 4.69) is 34.5 Å². The molecule has 7 nitrogen and oxygen atoms in total.